The predicted octanol–water partition coefficient (Wildman–Crippen LogP) is 2.03. The Morgan fingerprint density at radius 3 is 2.80 bits per heavy atom. The van der Waals surface area contributed by atoms with Gasteiger partial charge in [-0.25, -0.2) is 0 Å². The van der Waals surface area contributed by atoms with Crippen molar-refractivity contribution < 1.29 is 4.79 Å². The minimum absolute atomic E-state index is 0.174. The highest BCUT2D eigenvalue weighted by atomic mass is 16.1. The van der Waals surface area contributed by atoms with Crippen molar-refractivity contribution in [2.75, 3.05) is 11.9 Å². The maximum absolute atomic E-state index is 11.7. The molecule has 0 unspecified atom stereocenters. The third-order valence-electron chi connectivity index (χ3n) is 2.78. The molecule has 0 radical (unpaired) electrons. The molecule has 0 bridgehead atoms. The van der Waals surface area contributed by atoms with Crippen molar-refractivity contribution in [1.29, 1.82) is 0 Å². The van der Waals surface area contributed by atoms with Crippen molar-refractivity contribution in [2.24, 2.45) is 5.73 Å². The first kappa shape index (κ1) is 14.0. The second-order valence-corrected chi connectivity index (χ2v) is 4.32. The fourth-order valence-electron chi connectivity index (χ4n) is 1.83. The molecule has 20 heavy (non-hydrogen) atoms. The van der Waals surface area contributed by atoms with Gasteiger partial charge < -0.3 is 16.4 Å². The zero-order valence-electron chi connectivity index (χ0n) is 11.4. The fraction of sp³-hybridized carbons (Fsp3) is 0.200. The molecule has 5 heteroatoms. The number of hydrogen-bond acceptors (Lipinski definition) is 4. The van der Waals surface area contributed by atoms with Gasteiger partial charge in [-0.1, -0.05) is 12.1 Å². The molecular weight excluding hydrogens is 252 g/mol. The van der Waals surface area contributed by atoms with E-state index in [1.807, 2.05) is 37.3 Å². The normalized spacial score (nSPS) is 10.1. The van der Waals surface area contributed by atoms with Gasteiger partial charge in [0.2, 0.25) is 0 Å². The largest absolute Gasteiger partial charge is 0.355 e. The van der Waals surface area contributed by atoms with Crippen LogP contribution in [-0.4, -0.2) is 17.4 Å². The smallest absolute Gasteiger partial charge is 0.269 e. The Morgan fingerprint density at radius 2 is 2.05 bits per heavy atom. The van der Waals surface area contributed by atoms with Gasteiger partial charge in [0.05, 0.1) is 0 Å². The Labute approximate surface area is 118 Å². The molecule has 5 nitrogen and oxygen atoms in total. The zero-order valence-corrected chi connectivity index (χ0v) is 11.4. The van der Waals surface area contributed by atoms with Gasteiger partial charge in [-0.2, -0.15) is 0 Å². The third-order valence-corrected chi connectivity index (χ3v) is 2.78. The van der Waals surface area contributed by atoms with Crippen LogP contribution in [0.1, 0.15) is 23.0 Å². The molecule has 1 heterocycles. The van der Waals surface area contributed by atoms with E-state index in [4.69, 9.17) is 5.73 Å². The van der Waals surface area contributed by atoms with E-state index in [0.717, 1.165) is 16.9 Å². The summed E-state index contributed by atoms with van der Waals surface area (Å²) in [4.78, 5) is 15.8. The highest BCUT2D eigenvalue weighted by Gasteiger charge is 2.06. The van der Waals surface area contributed by atoms with Crippen molar-refractivity contribution in [1.82, 2.24) is 10.3 Å². The van der Waals surface area contributed by atoms with Crippen molar-refractivity contribution >= 4 is 17.3 Å². The van der Waals surface area contributed by atoms with Crippen LogP contribution in [0.25, 0.3) is 0 Å². The SMILES string of the molecule is CCNC(=O)c1cc(Nc2cccc(CN)c2)ccn1. The number of nitrogens with one attached hydrogen (secondary N) is 2. The van der Waals surface area contributed by atoms with E-state index in [9.17, 15) is 4.79 Å². The second kappa shape index (κ2) is 6.68. The first-order valence-corrected chi connectivity index (χ1v) is 6.53. The van der Waals surface area contributed by atoms with Gasteiger partial charge in [0, 0.05) is 30.7 Å². The summed E-state index contributed by atoms with van der Waals surface area (Å²) in [6, 6.07) is 11.4. The topological polar surface area (TPSA) is 80.0 Å². The zero-order chi connectivity index (χ0) is 14.4. The molecule has 1 aromatic heterocycles. The molecule has 104 valence electrons. The van der Waals surface area contributed by atoms with Crippen LogP contribution in [-0.2, 0) is 6.54 Å². The number of benzene rings is 1. The average molecular weight is 270 g/mol. The van der Waals surface area contributed by atoms with E-state index >= 15 is 0 Å². The van der Waals surface area contributed by atoms with Crippen LogP contribution in [0.5, 0.6) is 0 Å². The quantitative estimate of drug-likeness (QED) is 0.776. The van der Waals surface area contributed by atoms with Crippen LogP contribution in [0, 0.1) is 0 Å². The first-order chi connectivity index (χ1) is 9.72. The minimum Gasteiger partial charge on any atom is -0.355 e. The Hall–Kier alpha value is -2.40. The molecule has 0 spiro atoms. The predicted molar refractivity (Wildman–Crippen MR) is 79.9 cm³/mol. The number of pyridine rings is 1. The molecule has 0 aliphatic rings. The Kier molecular flexibility index (Phi) is 4.68. The van der Waals surface area contributed by atoms with E-state index in [1.165, 1.54) is 0 Å². The molecular formula is C15H18N4O. The van der Waals surface area contributed by atoms with E-state index < -0.39 is 0 Å². The van der Waals surface area contributed by atoms with Gasteiger partial charge in [-0.3, -0.25) is 9.78 Å². The summed E-state index contributed by atoms with van der Waals surface area (Å²) in [7, 11) is 0. The Morgan fingerprint density at radius 1 is 1.25 bits per heavy atom. The van der Waals surface area contributed by atoms with Crippen LogP contribution >= 0.6 is 0 Å². The van der Waals surface area contributed by atoms with Gasteiger partial charge in [0.15, 0.2) is 0 Å². The van der Waals surface area contributed by atoms with Crippen LogP contribution in [0.2, 0.25) is 0 Å². The lowest BCUT2D eigenvalue weighted by Crippen LogP contribution is -2.23. The summed E-state index contributed by atoms with van der Waals surface area (Å²) < 4.78 is 0. The van der Waals surface area contributed by atoms with Crippen molar-refractivity contribution in [2.45, 2.75) is 13.5 Å². The Balaban J connectivity index is 2.16. The molecule has 2 rings (SSSR count). The number of carbonyl (C=O) groups excluding carboxylic acids is 1. The number of aromatic nitrogens is 1. The highest BCUT2D eigenvalue weighted by molar-refractivity contribution is 5.93. The standard InChI is InChI=1S/C15H18N4O/c1-2-17-15(20)14-9-13(6-7-18-14)19-12-5-3-4-11(8-12)10-16/h3-9H,2,10,16H2,1H3,(H,17,20)(H,18,19). The molecule has 0 saturated heterocycles. The molecule has 0 aliphatic carbocycles. The fourth-order valence-corrected chi connectivity index (χ4v) is 1.83. The van der Waals surface area contributed by atoms with Crippen molar-refractivity contribution in [3.63, 3.8) is 0 Å². The summed E-state index contributed by atoms with van der Waals surface area (Å²) in [6.45, 7) is 2.95. The number of amides is 1. The van der Waals surface area contributed by atoms with E-state index in [0.29, 0.717) is 18.8 Å². The van der Waals surface area contributed by atoms with Crippen molar-refractivity contribution in [3.05, 3.63) is 53.9 Å². The number of hydrogen-bond donors (Lipinski definition) is 3. The van der Waals surface area contributed by atoms with Gasteiger partial charge >= 0.3 is 0 Å². The summed E-state index contributed by atoms with van der Waals surface area (Å²) in [5.41, 5.74) is 8.81. The van der Waals surface area contributed by atoms with Gasteiger partial charge in [0.25, 0.3) is 5.91 Å². The van der Waals surface area contributed by atoms with Crippen molar-refractivity contribution in [3.8, 4) is 0 Å². The van der Waals surface area contributed by atoms with Crippen LogP contribution < -0.4 is 16.4 Å². The van der Waals surface area contributed by atoms with Crippen LogP contribution in [0.15, 0.2) is 42.6 Å². The van der Waals surface area contributed by atoms with Crippen LogP contribution in [0.3, 0.4) is 0 Å². The summed E-state index contributed by atoms with van der Waals surface area (Å²) in [5, 5.41) is 5.97. The Bertz CT molecular complexity index is 598. The van der Waals surface area contributed by atoms with E-state index in [1.54, 1.807) is 12.3 Å². The lowest BCUT2D eigenvalue weighted by atomic mass is 10.2. The number of rotatable bonds is 5. The number of nitrogens with two attached hydrogens (primary N) is 1. The lowest BCUT2D eigenvalue weighted by Gasteiger charge is -2.09. The molecule has 0 aliphatic heterocycles. The number of carbonyl (C=O) groups is 1. The molecule has 0 fully saturated rings. The molecule has 0 saturated carbocycles. The molecule has 1 amide bonds. The highest BCUT2D eigenvalue weighted by Crippen LogP contribution is 2.17. The van der Waals surface area contributed by atoms with Crippen LogP contribution in [0.4, 0.5) is 11.4 Å². The van der Waals surface area contributed by atoms with Gasteiger partial charge in [-0.15, -0.1) is 0 Å². The molecule has 2 aromatic rings. The summed E-state index contributed by atoms with van der Waals surface area (Å²) >= 11 is 0. The van der Waals surface area contributed by atoms with Gasteiger partial charge in [0.1, 0.15) is 5.69 Å². The van der Waals surface area contributed by atoms with Gasteiger partial charge in [-0.05, 0) is 36.8 Å². The summed E-state index contributed by atoms with van der Waals surface area (Å²) in [5.74, 6) is -0.174. The number of anilines is 2. The lowest BCUT2D eigenvalue weighted by molar-refractivity contribution is 0.0951. The average Bonchev–Trinajstić information content (AvgIpc) is 2.48. The first-order valence-electron chi connectivity index (χ1n) is 6.53. The minimum atomic E-state index is -0.174. The maximum atomic E-state index is 11.7. The van der Waals surface area contributed by atoms with E-state index in [2.05, 4.69) is 15.6 Å². The monoisotopic (exact) mass is 270 g/mol. The van der Waals surface area contributed by atoms with E-state index in [-0.39, 0.29) is 5.91 Å². The summed E-state index contributed by atoms with van der Waals surface area (Å²) in [6.07, 6.45) is 1.61. The molecule has 4 N–H and O–H groups in total. The molecule has 0 atom stereocenters. The second-order valence-electron chi connectivity index (χ2n) is 4.32. The number of nitrogens with zero attached hydrogens (tertiary/aromatic N) is 1. The maximum Gasteiger partial charge on any atom is 0.269 e. The third kappa shape index (κ3) is 3.55. The molecule has 1 aromatic carbocycles.